The summed E-state index contributed by atoms with van der Waals surface area (Å²) in [7, 11) is 0. The molecule has 0 rings (SSSR count). The molecule has 0 bridgehead atoms. The first-order valence-corrected chi connectivity index (χ1v) is 29.8. The van der Waals surface area contributed by atoms with Crippen LogP contribution in [0.2, 0.25) is 0 Å². The molecule has 0 N–H and O–H groups in total. The van der Waals surface area contributed by atoms with E-state index in [2.05, 4.69) is 45.1 Å². The molecule has 0 aromatic rings. The fourth-order valence-corrected chi connectivity index (χ4v) is 8.91. The summed E-state index contributed by atoms with van der Waals surface area (Å²) in [5.41, 5.74) is 0. The summed E-state index contributed by atoms with van der Waals surface area (Å²) in [6.07, 6.45) is 66.0. The van der Waals surface area contributed by atoms with Crippen LogP contribution in [0, 0.1) is 0 Å². The maximum atomic E-state index is 12.9. The lowest BCUT2D eigenvalue weighted by molar-refractivity contribution is -0.167. The largest absolute Gasteiger partial charge is 0.462 e. The van der Waals surface area contributed by atoms with Gasteiger partial charge in [0.25, 0.3) is 0 Å². The number of unbranched alkanes of at least 4 members (excludes halogenated alkanes) is 40. The molecule has 0 aliphatic rings. The maximum absolute atomic E-state index is 12.9. The highest BCUT2D eigenvalue weighted by atomic mass is 16.6. The van der Waals surface area contributed by atoms with Gasteiger partial charge in [0.15, 0.2) is 6.10 Å². The zero-order valence-electron chi connectivity index (χ0n) is 45.2. The molecule has 0 aliphatic carbocycles. The van der Waals surface area contributed by atoms with Crippen molar-refractivity contribution in [3.63, 3.8) is 0 Å². The lowest BCUT2D eigenvalue weighted by Gasteiger charge is -2.18. The van der Waals surface area contributed by atoms with Gasteiger partial charge in [-0.2, -0.15) is 0 Å². The second-order valence-corrected chi connectivity index (χ2v) is 20.3. The van der Waals surface area contributed by atoms with Crippen LogP contribution in [-0.2, 0) is 28.6 Å². The molecule has 0 spiro atoms. The van der Waals surface area contributed by atoms with E-state index in [0.29, 0.717) is 19.3 Å². The predicted octanol–water partition coefficient (Wildman–Crippen LogP) is 19.9. The minimum atomic E-state index is -0.773. The summed E-state index contributed by atoms with van der Waals surface area (Å²) in [4.78, 5) is 38.2. The molecule has 0 saturated heterocycles. The van der Waals surface area contributed by atoms with Crippen LogP contribution in [0.1, 0.15) is 329 Å². The Bertz CT molecular complexity index is 1080. The molecule has 0 aliphatic heterocycles. The van der Waals surface area contributed by atoms with E-state index in [1.807, 2.05) is 0 Å². The van der Waals surface area contributed by atoms with Gasteiger partial charge >= 0.3 is 17.9 Å². The van der Waals surface area contributed by atoms with E-state index in [-0.39, 0.29) is 31.1 Å². The first-order valence-electron chi connectivity index (χ1n) is 29.8. The van der Waals surface area contributed by atoms with E-state index in [9.17, 15) is 14.4 Å². The molecule has 0 unspecified atom stereocenters. The zero-order chi connectivity index (χ0) is 48.6. The molecule has 6 nitrogen and oxygen atoms in total. The number of ether oxygens (including phenoxy) is 3. The van der Waals surface area contributed by atoms with Gasteiger partial charge in [0, 0.05) is 19.3 Å². The van der Waals surface area contributed by atoms with E-state index in [4.69, 9.17) is 14.2 Å². The summed E-state index contributed by atoms with van der Waals surface area (Å²) >= 11 is 0. The Balaban J connectivity index is 4.33. The molecule has 0 heterocycles. The van der Waals surface area contributed by atoms with Crippen LogP contribution in [-0.4, -0.2) is 37.2 Å². The van der Waals surface area contributed by atoms with E-state index in [1.165, 1.54) is 225 Å². The Labute approximate surface area is 417 Å². The summed E-state index contributed by atoms with van der Waals surface area (Å²) in [5.74, 6) is -0.863. The predicted molar refractivity (Wildman–Crippen MR) is 289 cm³/mol. The van der Waals surface area contributed by atoms with E-state index in [1.54, 1.807) is 0 Å². The topological polar surface area (TPSA) is 78.9 Å². The normalized spacial score (nSPS) is 12.1. The number of hydrogen-bond donors (Lipinski definition) is 0. The summed E-state index contributed by atoms with van der Waals surface area (Å²) in [6, 6.07) is 0. The molecule has 394 valence electrons. The van der Waals surface area contributed by atoms with E-state index >= 15 is 0 Å². The van der Waals surface area contributed by atoms with Gasteiger partial charge < -0.3 is 14.2 Å². The Hall–Kier alpha value is -2.11. The van der Waals surface area contributed by atoms with Gasteiger partial charge in [0.05, 0.1) is 0 Å². The van der Waals surface area contributed by atoms with Gasteiger partial charge in [-0.05, 0) is 70.6 Å². The fraction of sp³-hybridized carbons (Fsp3) is 0.885. The third-order valence-electron chi connectivity index (χ3n) is 13.4. The molecule has 0 saturated carbocycles. The smallest absolute Gasteiger partial charge is 0.306 e. The molecule has 0 radical (unpaired) electrons. The molecule has 67 heavy (non-hydrogen) atoms. The van der Waals surface area contributed by atoms with Crippen molar-refractivity contribution < 1.29 is 28.6 Å². The average Bonchev–Trinajstić information content (AvgIpc) is 3.33. The van der Waals surface area contributed by atoms with Gasteiger partial charge in [-0.25, -0.2) is 0 Å². The maximum Gasteiger partial charge on any atom is 0.306 e. The van der Waals surface area contributed by atoms with Crippen LogP contribution in [0.25, 0.3) is 0 Å². The van der Waals surface area contributed by atoms with Crippen molar-refractivity contribution >= 4 is 17.9 Å². The first-order chi connectivity index (χ1) is 33.0. The highest BCUT2D eigenvalue weighted by Gasteiger charge is 2.19. The summed E-state index contributed by atoms with van der Waals surface area (Å²) in [6.45, 7) is 6.67. The first kappa shape index (κ1) is 64.9. The standard InChI is InChI=1S/C61H114O6/c1-4-7-10-13-16-19-22-25-28-30-32-33-36-39-42-45-48-51-54-60(63)66-57-58(56-65-59(62)53-50-47-44-41-38-35-27-24-21-18-15-12-9-6-3)67-61(64)55-52-49-46-43-40-37-34-31-29-26-23-20-17-14-11-8-5-2/h24,26-27,29,58H,4-23,25,28,30-57H2,1-3H3/b27-24+,29-26+/t58-/m1/s1. The van der Waals surface area contributed by atoms with Gasteiger partial charge in [0.2, 0.25) is 0 Å². The molecule has 0 fully saturated rings. The van der Waals surface area contributed by atoms with E-state index < -0.39 is 6.10 Å². The van der Waals surface area contributed by atoms with Gasteiger partial charge in [-0.1, -0.05) is 263 Å². The molecule has 6 heteroatoms. The average molecular weight is 944 g/mol. The quantitative estimate of drug-likeness (QED) is 0.0262. The Morgan fingerprint density at radius 1 is 0.284 bits per heavy atom. The number of hydrogen-bond acceptors (Lipinski definition) is 6. The van der Waals surface area contributed by atoms with Crippen molar-refractivity contribution in [3.8, 4) is 0 Å². The van der Waals surface area contributed by atoms with Crippen LogP contribution in [0.5, 0.6) is 0 Å². The number of allylic oxidation sites excluding steroid dienone is 4. The lowest BCUT2D eigenvalue weighted by Crippen LogP contribution is -2.30. The van der Waals surface area contributed by atoms with Gasteiger partial charge in [-0.3, -0.25) is 14.4 Å². The number of carbonyl (C=O) groups is 3. The monoisotopic (exact) mass is 943 g/mol. The van der Waals surface area contributed by atoms with Crippen molar-refractivity contribution in [2.24, 2.45) is 0 Å². The number of esters is 3. The highest BCUT2D eigenvalue weighted by Crippen LogP contribution is 2.17. The van der Waals surface area contributed by atoms with Gasteiger partial charge in [-0.15, -0.1) is 0 Å². The van der Waals surface area contributed by atoms with E-state index in [0.717, 1.165) is 64.2 Å². The molecule has 0 aromatic carbocycles. The van der Waals surface area contributed by atoms with Crippen LogP contribution < -0.4 is 0 Å². The fourth-order valence-electron chi connectivity index (χ4n) is 8.91. The molecular weight excluding hydrogens is 829 g/mol. The SMILES string of the molecule is CCCCCCC/C=C/CCCCCCCC(=O)OC[C@H](COC(=O)CCCCCCCCCCCCCCCCCCCC)OC(=O)CCCCCCCCC/C=C/CCCCCCCC. The highest BCUT2D eigenvalue weighted by molar-refractivity contribution is 5.71. The summed E-state index contributed by atoms with van der Waals surface area (Å²) < 4.78 is 16.9. The minimum absolute atomic E-state index is 0.0710. The number of carbonyl (C=O) groups excluding carboxylic acids is 3. The second kappa shape index (κ2) is 56.5. The third-order valence-corrected chi connectivity index (χ3v) is 13.4. The van der Waals surface area contributed by atoms with Gasteiger partial charge in [0.1, 0.15) is 13.2 Å². The van der Waals surface area contributed by atoms with Crippen LogP contribution in [0.3, 0.4) is 0 Å². The summed E-state index contributed by atoms with van der Waals surface area (Å²) in [5, 5.41) is 0. The molecular formula is C61H114O6. The van der Waals surface area contributed by atoms with Crippen LogP contribution in [0.4, 0.5) is 0 Å². The lowest BCUT2D eigenvalue weighted by atomic mass is 10.0. The number of rotatable bonds is 55. The molecule has 0 amide bonds. The van der Waals surface area contributed by atoms with Crippen LogP contribution in [0.15, 0.2) is 24.3 Å². The Morgan fingerprint density at radius 2 is 0.493 bits per heavy atom. The second-order valence-electron chi connectivity index (χ2n) is 20.3. The zero-order valence-corrected chi connectivity index (χ0v) is 45.2. The van der Waals surface area contributed by atoms with Crippen molar-refractivity contribution in [2.75, 3.05) is 13.2 Å². The Kier molecular flexibility index (Phi) is 54.7. The molecule has 1 atom stereocenters. The third kappa shape index (κ3) is 54.7. The van der Waals surface area contributed by atoms with Crippen molar-refractivity contribution in [2.45, 2.75) is 335 Å². The Morgan fingerprint density at radius 3 is 0.746 bits per heavy atom. The van der Waals surface area contributed by atoms with Crippen LogP contribution >= 0.6 is 0 Å². The van der Waals surface area contributed by atoms with Crippen molar-refractivity contribution in [3.05, 3.63) is 24.3 Å². The minimum Gasteiger partial charge on any atom is -0.462 e. The molecule has 0 aromatic heterocycles. The van der Waals surface area contributed by atoms with Crippen molar-refractivity contribution in [1.82, 2.24) is 0 Å². The van der Waals surface area contributed by atoms with Crippen molar-refractivity contribution in [1.29, 1.82) is 0 Å².